The van der Waals surface area contributed by atoms with E-state index in [0.29, 0.717) is 23.8 Å². The van der Waals surface area contributed by atoms with E-state index >= 15 is 0 Å². The first-order chi connectivity index (χ1) is 7.41. The maximum Gasteiger partial charge on any atom is 0.159 e. The summed E-state index contributed by atoms with van der Waals surface area (Å²) in [5.74, 6) is 0.0477. The lowest BCUT2D eigenvalue weighted by molar-refractivity contribution is 0.101. The van der Waals surface area contributed by atoms with Crippen LogP contribution in [0.1, 0.15) is 36.7 Å². The Morgan fingerprint density at radius 3 is 2.62 bits per heavy atom. The van der Waals surface area contributed by atoms with Gasteiger partial charge in [0.25, 0.3) is 0 Å². The number of nitrogen functional groups attached to an aromatic ring is 1. The van der Waals surface area contributed by atoms with Gasteiger partial charge in [0.2, 0.25) is 0 Å². The van der Waals surface area contributed by atoms with E-state index in [0.717, 1.165) is 10.0 Å². The Balaban J connectivity index is 3.02. The lowest BCUT2D eigenvalue weighted by atomic mass is 10.1. The summed E-state index contributed by atoms with van der Waals surface area (Å²) >= 11 is 3.37. The molecular weight excluding hydrogens is 268 g/mol. The summed E-state index contributed by atoms with van der Waals surface area (Å²) in [5.41, 5.74) is 8.27. The van der Waals surface area contributed by atoms with E-state index in [1.165, 1.54) is 0 Å². The van der Waals surface area contributed by atoms with Gasteiger partial charge in [-0.1, -0.05) is 13.8 Å². The molecule has 3 N–H and O–H groups in total. The molecule has 0 amide bonds. The molecule has 4 heteroatoms. The van der Waals surface area contributed by atoms with Gasteiger partial charge in [-0.05, 0) is 40.5 Å². The number of nitrogens with two attached hydrogens (primary N) is 1. The van der Waals surface area contributed by atoms with Gasteiger partial charge in [0, 0.05) is 22.6 Å². The first-order valence-corrected chi connectivity index (χ1v) is 6.03. The van der Waals surface area contributed by atoms with Crippen LogP contribution in [-0.2, 0) is 6.54 Å². The first-order valence-electron chi connectivity index (χ1n) is 5.24. The van der Waals surface area contributed by atoms with Crippen molar-refractivity contribution in [3.63, 3.8) is 0 Å². The Labute approximate surface area is 105 Å². The van der Waals surface area contributed by atoms with E-state index in [1.807, 2.05) is 6.07 Å². The number of anilines is 1. The monoisotopic (exact) mass is 284 g/mol. The van der Waals surface area contributed by atoms with E-state index in [-0.39, 0.29) is 5.78 Å². The van der Waals surface area contributed by atoms with Crippen LogP contribution >= 0.6 is 15.9 Å². The molecule has 0 fully saturated rings. The summed E-state index contributed by atoms with van der Waals surface area (Å²) in [5, 5.41) is 3.28. The molecule has 3 nitrogen and oxygen atoms in total. The molecule has 1 aromatic carbocycles. The van der Waals surface area contributed by atoms with E-state index in [9.17, 15) is 4.79 Å². The van der Waals surface area contributed by atoms with Crippen molar-refractivity contribution in [3.8, 4) is 0 Å². The maximum absolute atomic E-state index is 11.3. The van der Waals surface area contributed by atoms with Crippen molar-refractivity contribution in [3.05, 3.63) is 27.7 Å². The summed E-state index contributed by atoms with van der Waals surface area (Å²) in [7, 11) is 0. The fraction of sp³-hybridized carbons (Fsp3) is 0.417. The van der Waals surface area contributed by atoms with Gasteiger partial charge in [-0.25, -0.2) is 0 Å². The number of carbonyl (C=O) groups is 1. The van der Waals surface area contributed by atoms with Crippen molar-refractivity contribution in [2.24, 2.45) is 0 Å². The normalized spacial score (nSPS) is 10.8. The molecule has 0 spiro atoms. The largest absolute Gasteiger partial charge is 0.398 e. The Kier molecular flexibility index (Phi) is 4.50. The molecule has 0 aromatic heterocycles. The van der Waals surface area contributed by atoms with Crippen LogP contribution < -0.4 is 11.1 Å². The van der Waals surface area contributed by atoms with Crippen molar-refractivity contribution in [1.82, 2.24) is 5.32 Å². The summed E-state index contributed by atoms with van der Waals surface area (Å²) in [4.78, 5) is 11.3. The molecule has 0 radical (unpaired) electrons. The quantitative estimate of drug-likeness (QED) is 0.660. The van der Waals surface area contributed by atoms with E-state index in [4.69, 9.17) is 5.73 Å². The van der Waals surface area contributed by atoms with Crippen molar-refractivity contribution >= 4 is 27.4 Å². The van der Waals surface area contributed by atoms with Gasteiger partial charge in [0.15, 0.2) is 5.78 Å². The highest BCUT2D eigenvalue weighted by atomic mass is 79.9. The number of rotatable bonds is 4. The number of benzene rings is 1. The van der Waals surface area contributed by atoms with Crippen LogP contribution in [0.3, 0.4) is 0 Å². The zero-order chi connectivity index (χ0) is 12.3. The predicted octanol–water partition coefficient (Wildman–Crippen LogP) is 2.73. The maximum atomic E-state index is 11.3. The highest BCUT2D eigenvalue weighted by Crippen LogP contribution is 2.25. The number of carbonyl (C=O) groups excluding carboxylic acids is 1. The average Bonchev–Trinajstić information content (AvgIpc) is 2.19. The Hall–Kier alpha value is -0.870. The minimum atomic E-state index is 0.0477. The smallest absolute Gasteiger partial charge is 0.159 e. The Morgan fingerprint density at radius 1 is 1.50 bits per heavy atom. The molecule has 0 heterocycles. The SMILES string of the molecule is CC(=O)c1cc(Br)c(N)c(CNC(C)C)c1. The molecule has 0 aliphatic rings. The third-order valence-electron chi connectivity index (χ3n) is 2.32. The zero-order valence-corrected chi connectivity index (χ0v) is 11.4. The topological polar surface area (TPSA) is 55.1 Å². The van der Waals surface area contributed by atoms with E-state index in [2.05, 4.69) is 35.1 Å². The van der Waals surface area contributed by atoms with Gasteiger partial charge < -0.3 is 11.1 Å². The molecule has 1 aromatic rings. The molecule has 0 aliphatic heterocycles. The van der Waals surface area contributed by atoms with Crippen LogP contribution in [0.5, 0.6) is 0 Å². The zero-order valence-electron chi connectivity index (χ0n) is 9.80. The van der Waals surface area contributed by atoms with Crippen LogP contribution in [0.15, 0.2) is 16.6 Å². The van der Waals surface area contributed by atoms with Gasteiger partial charge in [-0.2, -0.15) is 0 Å². The number of Topliss-reactive ketones (excluding diaryl/α,β-unsaturated/α-hetero) is 1. The van der Waals surface area contributed by atoms with Crippen LogP contribution in [-0.4, -0.2) is 11.8 Å². The van der Waals surface area contributed by atoms with Gasteiger partial charge in [0.05, 0.1) is 5.69 Å². The number of ketones is 1. The second-order valence-electron chi connectivity index (χ2n) is 4.12. The van der Waals surface area contributed by atoms with Crippen LogP contribution in [0, 0.1) is 0 Å². The Morgan fingerprint density at radius 2 is 2.12 bits per heavy atom. The predicted molar refractivity (Wildman–Crippen MR) is 70.5 cm³/mol. The molecule has 0 atom stereocenters. The van der Waals surface area contributed by atoms with Crippen molar-refractivity contribution < 1.29 is 4.79 Å². The average molecular weight is 285 g/mol. The van der Waals surface area contributed by atoms with Crippen molar-refractivity contribution in [1.29, 1.82) is 0 Å². The van der Waals surface area contributed by atoms with Gasteiger partial charge >= 0.3 is 0 Å². The molecular formula is C12H17BrN2O. The third kappa shape index (κ3) is 3.32. The first kappa shape index (κ1) is 13.2. The molecule has 0 saturated carbocycles. The summed E-state index contributed by atoms with van der Waals surface area (Å²) in [6, 6.07) is 3.99. The summed E-state index contributed by atoms with van der Waals surface area (Å²) in [6.45, 7) is 6.36. The number of halogens is 1. The van der Waals surface area contributed by atoms with Gasteiger partial charge in [0.1, 0.15) is 0 Å². The van der Waals surface area contributed by atoms with Crippen LogP contribution in [0.2, 0.25) is 0 Å². The molecule has 0 saturated heterocycles. The lowest BCUT2D eigenvalue weighted by Gasteiger charge is -2.12. The molecule has 0 unspecified atom stereocenters. The van der Waals surface area contributed by atoms with E-state index in [1.54, 1.807) is 13.0 Å². The summed E-state index contributed by atoms with van der Waals surface area (Å²) < 4.78 is 0.778. The van der Waals surface area contributed by atoms with Crippen molar-refractivity contribution in [2.45, 2.75) is 33.4 Å². The standard InChI is InChI=1S/C12H17BrN2O/c1-7(2)15-6-10-4-9(8(3)16)5-11(13)12(10)14/h4-5,7,15H,6,14H2,1-3H3. The van der Waals surface area contributed by atoms with Crippen LogP contribution in [0.25, 0.3) is 0 Å². The molecule has 88 valence electrons. The highest BCUT2D eigenvalue weighted by molar-refractivity contribution is 9.10. The van der Waals surface area contributed by atoms with Crippen molar-refractivity contribution in [2.75, 3.05) is 5.73 Å². The molecule has 1 rings (SSSR count). The minimum Gasteiger partial charge on any atom is -0.398 e. The van der Waals surface area contributed by atoms with Crippen LogP contribution in [0.4, 0.5) is 5.69 Å². The molecule has 0 aliphatic carbocycles. The number of nitrogens with one attached hydrogen (secondary N) is 1. The second-order valence-corrected chi connectivity index (χ2v) is 4.98. The molecule has 0 bridgehead atoms. The minimum absolute atomic E-state index is 0.0477. The molecule has 16 heavy (non-hydrogen) atoms. The third-order valence-corrected chi connectivity index (χ3v) is 2.98. The second kappa shape index (κ2) is 5.46. The van der Waals surface area contributed by atoms with Gasteiger partial charge in [-0.3, -0.25) is 4.79 Å². The fourth-order valence-corrected chi connectivity index (χ4v) is 1.84. The van der Waals surface area contributed by atoms with E-state index < -0.39 is 0 Å². The Bertz CT molecular complexity index is 402. The fourth-order valence-electron chi connectivity index (χ4n) is 1.34. The number of hydrogen-bond acceptors (Lipinski definition) is 3. The lowest BCUT2D eigenvalue weighted by Crippen LogP contribution is -2.22. The summed E-state index contributed by atoms with van der Waals surface area (Å²) in [6.07, 6.45) is 0. The van der Waals surface area contributed by atoms with Gasteiger partial charge in [-0.15, -0.1) is 0 Å². The highest BCUT2D eigenvalue weighted by Gasteiger charge is 2.09. The number of hydrogen-bond donors (Lipinski definition) is 2.